The first kappa shape index (κ1) is 11.9. The molecule has 0 saturated heterocycles. The molecule has 0 radical (unpaired) electrons. The molecule has 1 aliphatic heterocycles. The molecule has 0 aliphatic carbocycles. The van der Waals surface area contributed by atoms with Crippen LogP contribution in [0.25, 0.3) is 0 Å². The molecule has 1 aromatic carbocycles. The van der Waals surface area contributed by atoms with Gasteiger partial charge in [0, 0.05) is 18.9 Å². The first-order chi connectivity index (χ1) is 9.34. The van der Waals surface area contributed by atoms with Crippen LogP contribution in [0.1, 0.15) is 23.0 Å². The van der Waals surface area contributed by atoms with E-state index in [9.17, 15) is 4.79 Å². The van der Waals surface area contributed by atoms with Crippen molar-refractivity contribution in [2.24, 2.45) is 0 Å². The molecule has 1 unspecified atom stereocenters. The number of nitrogens with zero attached hydrogens (tertiary/aromatic N) is 1. The van der Waals surface area contributed by atoms with E-state index in [4.69, 9.17) is 0 Å². The lowest BCUT2D eigenvalue weighted by atomic mass is 9.94. The quantitative estimate of drug-likeness (QED) is 0.764. The lowest BCUT2D eigenvalue weighted by Gasteiger charge is -2.25. The first-order valence-electron chi connectivity index (χ1n) is 6.42. The minimum absolute atomic E-state index is 0.0106. The number of imidazole rings is 1. The molecular formula is C14H16N4O. The van der Waals surface area contributed by atoms with Gasteiger partial charge in [-0.2, -0.15) is 0 Å². The Labute approximate surface area is 111 Å². The zero-order valence-corrected chi connectivity index (χ0v) is 10.5. The minimum Gasteiger partial charge on any atom is -0.347 e. The summed E-state index contributed by atoms with van der Waals surface area (Å²) in [4.78, 5) is 19.3. The number of benzene rings is 1. The smallest absolute Gasteiger partial charge is 0.242 e. The van der Waals surface area contributed by atoms with Gasteiger partial charge in [0.1, 0.15) is 11.9 Å². The molecule has 1 aliphatic rings. The molecule has 1 amide bonds. The Hall–Kier alpha value is -2.14. The average molecular weight is 256 g/mol. The van der Waals surface area contributed by atoms with Crippen LogP contribution in [0.4, 0.5) is 0 Å². The highest BCUT2D eigenvalue weighted by molar-refractivity contribution is 5.83. The van der Waals surface area contributed by atoms with Gasteiger partial charge in [0.2, 0.25) is 5.91 Å². The average Bonchev–Trinajstić information content (AvgIpc) is 2.97. The lowest BCUT2D eigenvalue weighted by molar-refractivity contribution is -0.123. The van der Waals surface area contributed by atoms with Crippen LogP contribution in [0.3, 0.4) is 0 Å². The van der Waals surface area contributed by atoms with Crippen LogP contribution in [0.2, 0.25) is 0 Å². The van der Waals surface area contributed by atoms with E-state index >= 15 is 0 Å². The van der Waals surface area contributed by atoms with Crippen LogP contribution in [0.5, 0.6) is 0 Å². The van der Waals surface area contributed by atoms with Crippen molar-refractivity contribution in [2.75, 3.05) is 6.54 Å². The number of aromatic amines is 1. The molecule has 2 heterocycles. The number of carbonyl (C=O) groups is 1. The van der Waals surface area contributed by atoms with E-state index in [-0.39, 0.29) is 11.9 Å². The second-order valence-electron chi connectivity index (χ2n) is 4.59. The van der Waals surface area contributed by atoms with Gasteiger partial charge in [-0.15, -0.1) is 0 Å². The van der Waals surface area contributed by atoms with Crippen molar-refractivity contribution in [3.8, 4) is 0 Å². The number of amides is 1. The molecule has 0 fully saturated rings. The van der Waals surface area contributed by atoms with Gasteiger partial charge in [-0.3, -0.25) is 4.79 Å². The Balaban J connectivity index is 1.71. The highest BCUT2D eigenvalue weighted by Crippen LogP contribution is 2.22. The van der Waals surface area contributed by atoms with Gasteiger partial charge in [0.25, 0.3) is 0 Å². The van der Waals surface area contributed by atoms with E-state index in [2.05, 4.69) is 26.7 Å². The number of fused-ring (bicyclic) bond motifs is 1. The van der Waals surface area contributed by atoms with Crippen molar-refractivity contribution in [2.45, 2.75) is 19.0 Å². The number of hydrogen-bond donors (Lipinski definition) is 3. The van der Waals surface area contributed by atoms with E-state index in [0.29, 0.717) is 6.54 Å². The molecule has 5 heteroatoms. The molecule has 98 valence electrons. The van der Waals surface area contributed by atoms with Crippen LogP contribution >= 0.6 is 0 Å². The fraction of sp³-hybridized carbons (Fsp3) is 0.286. The first-order valence-corrected chi connectivity index (χ1v) is 6.42. The minimum atomic E-state index is -0.264. The Morgan fingerprint density at radius 3 is 3.16 bits per heavy atom. The fourth-order valence-corrected chi connectivity index (χ4v) is 2.41. The van der Waals surface area contributed by atoms with Crippen LogP contribution in [0, 0.1) is 0 Å². The van der Waals surface area contributed by atoms with E-state index in [0.717, 1.165) is 24.4 Å². The van der Waals surface area contributed by atoms with Gasteiger partial charge >= 0.3 is 0 Å². The van der Waals surface area contributed by atoms with E-state index in [1.165, 1.54) is 5.56 Å². The van der Waals surface area contributed by atoms with E-state index in [1.807, 2.05) is 18.2 Å². The maximum Gasteiger partial charge on any atom is 0.242 e. The normalized spacial score (nSPS) is 17.8. The number of H-pyrrole nitrogens is 1. The van der Waals surface area contributed by atoms with Gasteiger partial charge in [-0.05, 0) is 17.5 Å². The van der Waals surface area contributed by atoms with Crippen molar-refractivity contribution in [1.29, 1.82) is 0 Å². The molecule has 0 saturated carbocycles. The highest BCUT2D eigenvalue weighted by atomic mass is 16.2. The lowest BCUT2D eigenvalue weighted by Crippen LogP contribution is -2.41. The molecule has 0 spiro atoms. The summed E-state index contributed by atoms with van der Waals surface area (Å²) in [5.74, 6) is 0.751. The van der Waals surface area contributed by atoms with Crippen molar-refractivity contribution in [1.82, 2.24) is 20.6 Å². The Kier molecular flexibility index (Phi) is 3.29. The molecular weight excluding hydrogens is 240 g/mol. The van der Waals surface area contributed by atoms with Gasteiger partial charge in [-0.1, -0.05) is 24.3 Å². The fourth-order valence-electron chi connectivity index (χ4n) is 2.41. The molecule has 2 aromatic rings. The van der Waals surface area contributed by atoms with E-state index < -0.39 is 0 Å². The summed E-state index contributed by atoms with van der Waals surface area (Å²) >= 11 is 0. The van der Waals surface area contributed by atoms with E-state index in [1.54, 1.807) is 12.4 Å². The molecule has 0 bridgehead atoms. The van der Waals surface area contributed by atoms with Crippen molar-refractivity contribution >= 4 is 5.91 Å². The summed E-state index contributed by atoms with van der Waals surface area (Å²) < 4.78 is 0. The molecule has 1 atom stereocenters. The predicted octanol–water partition coefficient (Wildman–Crippen LogP) is 0.913. The van der Waals surface area contributed by atoms with Gasteiger partial charge in [0.15, 0.2) is 0 Å². The zero-order chi connectivity index (χ0) is 13.1. The SMILES string of the molecule is O=C(NCc1ncc[nH]1)C1NCCc2ccccc21. The summed E-state index contributed by atoms with van der Waals surface area (Å²) in [6, 6.07) is 7.82. The maximum atomic E-state index is 12.2. The monoisotopic (exact) mass is 256 g/mol. The Bertz CT molecular complexity index is 565. The Morgan fingerprint density at radius 1 is 1.42 bits per heavy atom. The predicted molar refractivity (Wildman–Crippen MR) is 71.3 cm³/mol. The molecule has 3 rings (SSSR count). The van der Waals surface area contributed by atoms with Crippen molar-refractivity contribution < 1.29 is 4.79 Å². The summed E-state index contributed by atoms with van der Waals surface area (Å²) in [5, 5.41) is 6.16. The van der Waals surface area contributed by atoms with Crippen LogP contribution in [0.15, 0.2) is 36.7 Å². The number of carbonyl (C=O) groups excluding carboxylic acids is 1. The third-order valence-corrected chi connectivity index (χ3v) is 3.36. The summed E-state index contributed by atoms with van der Waals surface area (Å²) in [5.41, 5.74) is 2.32. The summed E-state index contributed by atoms with van der Waals surface area (Å²) in [7, 11) is 0. The van der Waals surface area contributed by atoms with Crippen LogP contribution < -0.4 is 10.6 Å². The van der Waals surface area contributed by atoms with Crippen molar-refractivity contribution in [3.63, 3.8) is 0 Å². The van der Waals surface area contributed by atoms with Gasteiger partial charge < -0.3 is 15.6 Å². The Morgan fingerprint density at radius 2 is 2.32 bits per heavy atom. The molecule has 1 aromatic heterocycles. The third-order valence-electron chi connectivity index (χ3n) is 3.36. The van der Waals surface area contributed by atoms with Crippen LogP contribution in [-0.4, -0.2) is 22.4 Å². The van der Waals surface area contributed by atoms with Gasteiger partial charge in [-0.25, -0.2) is 4.98 Å². The number of rotatable bonds is 3. The number of hydrogen-bond acceptors (Lipinski definition) is 3. The molecule has 19 heavy (non-hydrogen) atoms. The van der Waals surface area contributed by atoms with Crippen molar-refractivity contribution in [3.05, 3.63) is 53.6 Å². The summed E-state index contributed by atoms with van der Waals surface area (Å²) in [6.07, 6.45) is 4.39. The van der Waals surface area contributed by atoms with Crippen LogP contribution in [-0.2, 0) is 17.8 Å². The zero-order valence-electron chi connectivity index (χ0n) is 10.5. The number of aromatic nitrogens is 2. The second-order valence-corrected chi connectivity index (χ2v) is 4.59. The third kappa shape index (κ3) is 2.51. The molecule has 5 nitrogen and oxygen atoms in total. The summed E-state index contributed by atoms with van der Waals surface area (Å²) in [6.45, 7) is 1.25. The second kappa shape index (κ2) is 5.24. The standard InChI is InChI=1S/C14H16N4O/c19-14(18-9-12-15-7-8-16-12)13-11-4-2-1-3-10(11)5-6-17-13/h1-4,7-8,13,17H,5-6,9H2,(H,15,16)(H,18,19). The largest absolute Gasteiger partial charge is 0.347 e. The highest BCUT2D eigenvalue weighted by Gasteiger charge is 2.25. The topological polar surface area (TPSA) is 69.8 Å². The molecule has 3 N–H and O–H groups in total. The van der Waals surface area contributed by atoms with Gasteiger partial charge in [0.05, 0.1) is 6.54 Å². The number of nitrogens with one attached hydrogen (secondary N) is 3. The maximum absolute atomic E-state index is 12.2.